The third-order valence-electron chi connectivity index (χ3n) is 0.707. The fourth-order valence-corrected chi connectivity index (χ4v) is 0. The van der Waals surface area contributed by atoms with Gasteiger partial charge in [-0.05, 0) is 6.92 Å². The minimum absolute atomic E-state index is 0. The average Bonchev–Trinajstić information content (AvgIpc) is 1.69. The van der Waals surface area contributed by atoms with Gasteiger partial charge in [-0.2, -0.15) is 0 Å². The Bertz CT molecular complexity index is 34.2. The topological polar surface area (TPSA) is 20.2 Å². The Kier molecular flexibility index (Phi) is 29.9. The molecule has 0 aromatic rings. The standard InChI is InChI=1S/C4H11Si.C2H6O.Y/c1-4-5(2)3;1-2-3;/h4H2,1-3H3;3H,2H2,1H3;. The molecule has 0 aromatic carbocycles. The van der Waals surface area contributed by atoms with Gasteiger partial charge in [-0.15, -0.1) is 0 Å². The van der Waals surface area contributed by atoms with Crippen LogP contribution < -0.4 is 0 Å². The summed E-state index contributed by atoms with van der Waals surface area (Å²) >= 11 is 0. The van der Waals surface area contributed by atoms with Crippen LogP contribution in [0, 0.1) is 0 Å². The van der Waals surface area contributed by atoms with Gasteiger partial charge in [-0.25, -0.2) is 0 Å². The summed E-state index contributed by atoms with van der Waals surface area (Å²) in [5.74, 6) is 0. The van der Waals surface area contributed by atoms with E-state index in [1.165, 1.54) is 6.04 Å². The Morgan fingerprint density at radius 2 is 1.33 bits per heavy atom. The van der Waals surface area contributed by atoms with Crippen LogP contribution in [0.15, 0.2) is 0 Å². The maximum absolute atomic E-state index is 7.57. The summed E-state index contributed by atoms with van der Waals surface area (Å²) < 4.78 is 0. The molecular weight excluding hydrogens is 205 g/mol. The normalized spacial score (nSPS) is 7.33. The van der Waals surface area contributed by atoms with Crippen molar-refractivity contribution >= 4 is 8.80 Å². The van der Waals surface area contributed by atoms with E-state index in [1.807, 2.05) is 0 Å². The molecule has 0 fully saturated rings. The maximum atomic E-state index is 7.57. The molecule has 0 heterocycles. The molecule has 0 amide bonds. The largest absolute Gasteiger partial charge is 0.397 e. The van der Waals surface area contributed by atoms with E-state index in [1.54, 1.807) is 6.92 Å². The zero-order valence-electron chi connectivity index (χ0n) is 6.94. The van der Waals surface area contributed by atoms with Crippen molar-refractivity contribution in [1.29, 1.82) is 0 Å². The first kappa shape index (κ1) is 16.7. The van der Waals surface area contributed by atoms with Gasteiger partial charge in [-0.1, -0.05) is 26.1 Å². The predicted molar refractivity (Wildman–Crippen MR) is 40.7 cm³/mol. The molecule has 0 aliphatic heterocycles. The van der Waals surface area contributed by atoms with Crippen LogP contribution in [0.5, 0.6) is 0 Å². The molecule has 0 bridgehead atoms. The maximum Gasteiger partial charge on any atom is 0.0410 e. The van der Waals surface area contributed by atoms with Crippen molar-refractivity contribution in [2.24, 2.45) is 0 Å². The molecule has 0 aliphatic carbocycles. The van der Waals surface area contributed by atoms with Crippen molar-refractivity contribution in [3.05, 3.63) is 0 Å². The van der Waals surface area contributed by atoms with E-state index in [4.69, 9.17) is 5.11 Å². The van der Waals surface area contributed by atoms with E-state index < -0.39 is 0 Å². The van der Waals surface area contributed by atoms with Crippen molar-refractivity contribution in [3.63, 3.8) is 0 Å². The van der Waals surface area contributed by atoms with Gasteiger partial charge < -0.3 is 5.11 Å². The fourth-order valence-electron chi connectivity index (χ4n) is 0. The summed E-state index contributed by atoms with van der Waals surface area (Å²) in [6.07, 6.45) is 0. The van der Waals surface area contributed by atoms with Crippen LogP contribution in [0.1, 0.15) is 13.8 Å². The molecule has 54 valence electrons. The molecule has 3 heteroatoms. The number of hydrogen-bond acceptors (Lipinski definition) is 1. The van der Waals surface area contributed by atoms with Gasteiger partial charge in [0.25, 0.3) is 0 Å². The van der Waals surface area contributed by atoms with E-state index in [-0.39, 0.29) is 48.1 Å². The van der Waals surface area contributed by atoms with Gasteiger partial charge in [0.1, 0.15) is 0 Å². The molecule has 2 radical (unpaired) electrons. The number of hydrogen-bond donors (Lipinski definition) is 1. The van der Waals surface area contributed by atoms with Gasteiger partial charge in [0.05, 0.1) is 0 Å². The summed E-state index contributed by atoms with van der Waals surface area (Å²) in [6, 6.07) is 1.41. The van der Waals surface area contributed by atoms with Crippen molar-refractivity contribution in [2.75, 3.05) is 6.61 Å². The summed E-state index contributed by atoms with van der Waals surface area (Å²) in [6.45, 7) is 8.82. The van der Waals surface area contributed by atoms with Crippen molar-refractivity contribution in [2.45, 2.75) is 33.0 Å². The smallest absolute Gasteiger partial charge is 0.0410 e. The van der Waals surface area contributed by atoms with Crippen LogP contribution in [0.4, 0.5) is 0 Å². The third kappa shape index (κ3) is 45.7. The second-order valence-electron chi connectivity index (χ2n) is 1.88. The van der Waals surface area contributed by atoms with Crippen molar-refractivity contribution < 1.29 is 37.8 Å². The molecule has 0 unspecified atom stereocenters. The zero-order valence-corrected chi connectivity index (χ0v) is 10.8. The second kappa shape index (κ2) is 16.1. The van der Waals surface area contributed by atoms with Crippen LogP contribution in [-0.2, 0) is 32.7 Å². The molecular formula is C6H17OSiY. The molecule has 0 saturated carbocycles. The third-order valence-corrected chi connectivity index (χ3v) is 2.12. The Hall–Kier alpha value is 1.28. The van der Waals surface area contributed by atoms with Crippen molar-refractivity contribution in [1.82, 2.24) is 0 Å². The van der Waals surface area contributed by atoms with Crippen LogP contribution in [0.25, 0.3) is 0 Å². The molecule has 1 N–H and O–H groups in total. The van der Waals surface area contributed by atoms with E-state index in [0.29, 0.717) is 0 Å². The second-order valence-corrected chi connectivity index (χ2v) is 5.00. The molecule has 0 rings (SSSR count). The Morgan fingerprint density at radius 3 is 1.33 bits per heavy atom. The molecule has 0 spiro atoms. The van der Waals surface area contributed by atoms with Crippen LogP contribution in [-0.4, -0.2) is 20.5 Å². The minimum atomic E-state index is 0. The van der Waals surface area contributed by atoms with Gasteiger partial charge in [0.15, 0.2) is 0 Å². The minimum Gasteiger partial charge on any atom is -0.397 e. The number of aliphatic hydroxyl groups is 1. The monoisotopic (exact) mass is 222 g/mol. The van der Waals surface area contributed by atoms with Crippen LogP contribution in [0.2, 0.25) is 19.1 Å². The fraction of sp³-hybridized carbons (Fsp3) is 1.00. The average molecular weight is 222 g/mol. The first-order valence-corrected chi connectivity index (χ1v) is 5.79. The molecule has 0 aromatic heterocycles. The van der Waals surface area contributed by atoms with Gasteiger partial charge >= 0.3 is 0 Å². The zero-order chi connectivity index (χ0) is 6.99. The number of rotatable bonds is 1. The van der Waals surface area contributed by atoms with Crippen molar-refractivity contribution in [3.8, 4) is 0 Å². The van der Waals surface area contributed by atoms with Gasteiger partial charge in [0, 0.05) is 48.1 Å². The quantitative estimate of drug-likeness (QED) is 0.670. The Labute approximate surface area is 85.7 Å². The predicted octanol–water partition coefficient (Wildman–Crippen LogP) is 1.76. The molecule has 1 nitrogen and oxygen atoms in total. The first-order chi connectivity index (χ1) is 3.68. The SMILES string of the molecule is CCO.CC[Si](C)C.[Y]. The molecule has 0 aliphatic rings. The van der Waals surface area contributed by atoms with Gasteiger partial charge in [-0.3, -0.25) is 0 Å². The first-order valence-electron chi connectivity index (χ1n) is 3.08. The van der Waals surface area contributed by atoms with Gasteiger partial charge in [0.2, 0.25) is 0 Å². The Morgan fingerprint density at radius 1 is 1.22 bits per heavy atom. The Balaban J connectivity index is -0.0000000800. The molecule has 9 heavy (non-hydrogen) atoms. The van der Waals surface area contributed by atoms with E-state index >= 15 is 0 Å². The summed E-state index contributed by atoms with van der Waals surface area (Å²) in [5, 5.41) is 7.57. The summed E-state index contributed by atoms with van der Waals surface area (Å²) in [5.41, 5.74) is 0. The number of aliphatic hydroxyl groups excluding tert-OH is 1. The van der Waals surface area contributed by atoms with Crippen LogP contribution in [0.3, 0.4) is 0 Å². The molecule has 0 saturated heterocycles. The van der Waals surface area contributed by atoms with E-state index in [9.17, 15) is 0 Å². The molecule has 0 atom stereocenters. The van der Waals surface area contributed by atoms with E-state index in [0.717, 1.165) is 0 Å². The van der Waals surface area contributed by atoms with E-state index in [2.05, 4.69) is 20.0 Å². The summed E-state index contributed by atoms with van der Waals surface area (Å²) in [7, 11) is 0.126. The summed E-state index contributed by atoms with van der Waals surface area (Å²) in [4.78, 5) is 0. The van der Waals surface area contributed by atoms with Crippen LogP contribution >= 0.6 is 0 Å².